The minimum atomic E-state index is -0.327. The fourth-order valence-electron chi connectivity index (χ4n) is 8.06. The quantitative estimate of drug-likeness (QED) is 0.143. The number of fused-ring (bicyclic) bond motifs is 7. The highest BCUT2D eigenvalue weighted by atomic mass is 32.1. The number of nitrogens with zero attached hydrogens (tertiary/aromatic N) is 1. The Morgan fingerprint density at radius 1 is 0.694 bits per heavy atom. The Labute approximate surface area is 290 Å². The van der Waals surface area contributed by atoms with Crippen LogP contribution in [0.25, 0.3) is 47.6 Å². The van der Waals surface area contributed by atoms with Crippen molar-refractivity contribution in [3.05, 3.63) is 174 Å². The Morgan fingerprint density at radius 3 is 2.22 bits per heavy atom. The molecule has 4 nitrogen and oxygen atoms in total. The van der Waals surface area contributed by atoms with Crippen LogP contribution < -0.4 is 16.6 Å². The van der Waals surface area contributed by atoms with Crippen LogP contribution in [-0.2, 0) is 12.1 Å². The van der Waals surface area contributed by atoms with E-state index in [1.165, 1.54) is 64.2 Å². The van der Waals surface area contributed by atoms with Gasteiger partial charge in [0.25, 0.3) is 0 Å². The number of nitrogens with two attached hydrogens (primary N) is 1. The van der Waals surface area contributed by atoms with Gasteiger partial charge < -0.3 is 10.3 Å². The van der Waals surface area contributed by atoms with Crippen molar-refractivity contribution in [3.63, 3.8) is 0 Å². The number of rotatable bonds is 8. The lowest BCUT2D eigenvalue weighted by Gasteiger charge is -2.40. The molecule has 8 aromatic rings. The molecule has 5 heteroatoms. The van der Waals surface area contributed by atoms with Crippen LogP contribution in [0.15, 0.2) is 152 Å². The fourth-order valence-corrected chi connectivity index (χ4v) is 9.18. The van der Waals surface area contributed by atoms with Crippen molar-refractivity contribution in [2.75, 3.05) is 0 Å². The number of hydrazine groups is 1. The van der Waals surface area contributed by atoms with Gasteiger partial charge in [0.15, 0.2) is 0 Å². The highest BCUT2D eigenvalue weighted by molar-refractivity contribution is 7.25. The average molecular weight is 655 g/mol. The monoisotopic (exact) mass is 654 g/mol. The van der Waals surface area contributed by atoms with Gasteiger partial charge in [-0.3, -0.25) is 5.43 Å². The van der Waals surface area contributed by atoms with E-state index in [-0.39, 0.29) is 17.6 Å². The predicted molar refractivity (Wildman–Crippen MR) is 208 cm³/mol. The molecule has 2 aromatic heterocycles. The number of aromatic nitrogens is 1. The molecule has 3 atom stereocenters. The molecule has 0 saturated heterocycles. The SMILES string of the molecule is CC1(n2c3ccccc3c3cc4c(cc32)sc2ccccc24)CC=C([C@H](N)C(NNCc2ccccc2)c2ccccc2)c2ccccc21. The molecule has 0 amide bonds. The second-order valence-electron chi connectivity index (χ2n) is 13.4. The first-order valence-electron chi connectivity index (χ1n) is 17.1. The molecule has 240 valence electrons. The Hall–Kier alpha value is -5.04. The first-order valence-corrected chi connectivity index (χ1v) is 17.9. The van der Waals surface area contributed by atoms with Crippen molar-refractivity contribution < 1.29 is 0 Å². The molecule has 1 aliphatic carbocycles. The molecule has 4 N–H and O–H groups in total. The zero-order chi connectivity index (χ0) is 33.0. The molecule has 0 radical (unpaired) electrons. The van der Waals surface area contributed by atoms with Crippen molar-refractivity contribution in [2.45, 2.75) is 37.5 Å². The molecule has 2 heterocycles. The number of nitrogens with one attached hydrogen (secondary N) is 2. The summed E-state index contributed by atoms with van der Waals surface area (Å²) < 4.78 is 5.26. The summed E-state index contributed by atoms with van der Waals surface area (Å²) in [6.07, 6.45) is 3.23. The standard InChI is InChI=1S/C44H38N4S/c1-44(48-38-22-12-9-19-32(38)35-26-36-33-20-10-13-23-40(33)49-41(36)27-39(35)48)25-24-34(31-18-8-11-21-37(31)44)42(45)43(30-16-6-3-7-17-30)47-46-28-29-14-4-2-5-15-29/h2-24,26-27,42-43,46-47H,25,28,45H2,1H3/t42-,43?,44?/m0/s1. The van der Waals surface area contributed by atoms with Crippen LogP contribution in [0, 0.1) is 0 Å². The van der Waals surface area contributed by atoms with Gasteiger partial charge in [0.2, 0.25) is 0 Å². The highest BCUT2D eigenvalue weighted by Crippen LogP contribution is 2.48. The molecule has 0 fully saturated rings. The van der Waals surface area contributed by atoms with Crippen LogP contribution in [0.2, 0.25) is 0 Å². The van der Waals surface area contributed by atoms with E-state index in [0.717, 1.165) is 12.0 Å². The Balaban J connectivity index is 1.16. The number of para-hydroxylation sites is 1. The van der Waals surface area contributed by atoms with E-state index >= 15 is 0 Å². The van der Waals surface area contributed by atoms with Gasteiger partial charge in [0.05, 0.1) is 23.1 Å². The smallest absolute Gasteiger partial charge is 0.0715 e. The molecule has 0 aliphatic heterocycles. The molecule has 49 heavy (non-hydrogen) atoms. The molecule has 6 aromatic carbocycles. The van der Waals surface area contributed by atoms with Gasteiger partial charge in [-0.1, -0.05) is 127 Å². The van der Waals surface area contributed by atoms with E-state index < -0.39 is 0 Å². The largest absolute Gasteiger partial charge is 0.330 e. The van der Waals surface area contributed by atoms with E-state index in [1.807, 2.05) is 17.4 Å². The number of hydrogen-bond acceptors (Lipinski definition) is 4. The minimum absolute atomic E-state index is 0.136. The molecule has 0 bridgehead atoms. The Bertz CT molecular complexity index is 2490. The third kappa shape index (κ3) is 5.01. The summed E-state index contributed by atoms with van der Waals surface area (Å²) in [5.41, 5.74) is 22.7. The van der Waals surface area contributed by atoms with Gasteiger partial charge in [-0.25, -0.2) is 5.43 Å². The predicted octanol–water partition coefficient (Wildman–Crippen LogP) is 10.1. The Kier molecular flexibility index (Phi) is 7.44. The summed E-state index contributed by atoms with van der Waals surface area (Å²) >= 11 is 1.88. The van der Waals surface area contributed by atoms with E-state index in [1.54, 1.807) is 0 Å². The van der Waals surface area contributed by atoms with Crippen LogP contribution in [0.5, 0.6) is 0 Å². The lowest BCUT2D eigenvalue weighted by atomic mass is 9.74. The van der Waals surface area contributed by atoms with Gasteiger partial charge in [-0.05, 0) is 65.4 Å². The van der Waals surface area contributed by atoms with Crippen LogP contribution >= 0.6 is 11.3 Å². The highest BCUT2D eigenvalue weighted by Gasteiger charge is 2.38. The van der Waals surface area contributed by atoms with E-state index in [0.29, 0.717) is 6.54 Å². The van der Waals surface area contributed by atoms with Crippen molar-refractivity contribution >= 4 is 58.9 Å². The van der Waals surface area contributed by atoms with Crippen LogP contribution in [0.4, 0.5) is 0 Å². The molecule has 9 rings (SSSR count). The van der Waals surface area contributed by atoms with Crippen LogP contribution in [0.3, 0.4) is 0 Å². The molecular formula is C44H38N4S. The fraction of sp³-hybridized carbons (Fsp3) is 0.136. The summed E-state index contributed by atoms with van der Waals surface area (Å²) in [6, 6.07) is 52.0. The van der Waals surface area contributed by atoms with Gasteiger partial charge >= 0.3 is 0 Å². The summed E-state index contributed by atoms with van der Waals surface area (Å²) in [7, 11) is 0. The van der Waals surface area contributed by atoms with Gasteiger partial charge in [-0.15, -0.1) is 11.3 Å². The first kappa shape index (κ1) is 30.1. The van der Waals surface area contributed by atoms with Crippen molar-refractivity contribution in [1.82, 2.24) is 15.4 Å². The van der Waals surface area contributed by atoms with Gasteiger partial charge in [-0.2, -0.15) is 0 Å². The molecule has 1 aliphatic rings. The van der Waals surface area contributed by atoms with Crippen LogP contribution in [0.1, 0.15) is 41.6 Å². The summed E-state index contributed by atoms with van der Waals surface area (Å²) in [5.74, 6) is 0. The normalized spacial score (nSPS) is 17.4. The topological polar surface area (TPSA) is 55.0 Å². The summed E-state index contributed by atoms with van der Waals surface area (Å²) in [5, 5.41) is 5.25. The number of allylic oxidation sites excluding steroid dienone is 1. The maximum atomic E-state index is 7.33. The van der Waals surface area contributed by atoms with Crippen LogP contribution in [-0.4, -0.2) is 10.6 Å². The van der Waals surface area contributed by atoms with Gasteiger partial charge in [0, 0.05) is 43.0 Å². The third-order valence-corrected chi connectivity index (χ3v) is 11.6. The summed E-state index contributed by atoms with van der Waals surface area (Å²) in [6.45, 7) is 3.10. The first-order chi connectivity index (χ1) is 24.1. The maximum Gasteiger partial charge on any atom is 0.0715 e. The molecular weight excluding hydrogens is 617 g/mol. The van der Waals surface area contributed by atoms with E-state index in [9.17, 15) is 0 Å². The molecule has 0 spiro atoms. The average Bonchev–Trinajstić information content (AvgIpc) is 3.68. The van der Waals surface area contributed by atoms with E-state index in [4.69, 9.17) is 5.73 Å². The van der Waals surface area contributed by atoms with Crippen molar-refractivity contribution in [1.29, 1.82) is 0 Å². The number of thiophene rings is 1. The number of hydrogen-bond donors (Lipinski definition) is 3. The van der Waals surface area contributed by atoms with E-state index in [2.05, 4.69) is 168 Å². The molecule has 0 saturated carbocycles. The maximum absolute atomic E-state index is 7.33. The number of benzene rings is 6. The van der Waals surface area contributed by atoms with Gasteiger partial charge in [0.1, 0.15) is 0 Å². The third-order valence-electron chi connectivity index (χ3n) is 10.5. The zero-order valence-electron chi connectivity index (χ0n) is 27.4. The summed E-state index contributed by atoms with van der Waals surface area (Å²) in [4.78, 5) is 0. The lowest BCUT2D eigenvalue weighted by molar-refractivity contribution is 0.401. The lowest BCUT2D eigenvalue weighted by Crippen LogP contribution is -2.46. The minimum Gasteiger partial charge on any atom is -0.330 e. The zero-order valence-corrected chi connectivity index (χ0v) is 28.3. The van der Waals surface area contributed by atoms with Crippen molar-refractivity contribution in [2.24, 2.45) is 5.73 Å². The second-order valence-corrected chi connectivity index (χ2v) is 14.5. The second kappa shape index (κ2) is 12.1. The Morgan fingerprint density at radius 2 is 1.39 bits per heavy atom. The van der Waals surface area contributed by atoms with Crippen molar-refractivity contribution in [3.8, 4) is 0 Å². The molecule has 2 unspecified atom stereocenters.